The minimum Gasteiger partial charge on any atom is -0.388 e. The summed E-state index contributed by atoms with van der Waals surface area (Å²) in [5.41, 5.74) is -0.195. The summed E-state index contributed by atoms with van der Waals surface area (Å²) >= 11 is 0. The van der Waals surface area contributed by atoms with E-state index in [1.54, 1.807) is 12.1 Å². The van der Waals surface area contributed by atoms with Gasteiger partial charge in [-0.15, -0.1) is 0 Å². The van der Waals surface area contributed by atoms with Gasteiger partial charge in [0.05, 0.1) is 17.1 Å². The molecule has 0 amide bonds. The zero-order valence-electron chi connectivity index (χ0n) is 9.60. The molecule has 0 heterocycles. The van der Waals surface area contributed by atoms with Crippen molar-refractivity contribution in [2.24, 2.45) is 0 Å². The highest BCUT2D eigenvalue weighted by atomic mass is 32.2. The minimum absolute atomic E-state index is 0.0994. The van der Waals surface area contributed by atoms with E-state index < -0.39 is 15.7 Å². The van der Waals surface area contributed by atoms with E-state index in [0.717, 1.165) is 5.56 Å². The van der Waals surface area contributed by atoms with Crippen molar-refractivity contribution in [3.63, 3.8) is 0 Å². The van der Waals surface area contributed by atoms with E-state index in [4.69, 9.17) is 4.18 Å². The monoisotopic (exact) mass is 244 g/mol. The van der Waals surface area contributed by atoms with Crippen LogP contribution in [-0.4, -0.2) is 25.7 Å². The Hall–Kier alpha value is -0.910. The van der Waals surface area contributed by atoms with Crippen LogP contribution in [0.5, 0.6) is 0 Å². The molecule has 90 valence electrons. The number of hydrogen-bond acceptors (Lipinski definition) is 4. The van der Waals surface area contributed by atoms with Gasteiger partial charge in [-0.3, -0.25) is 4.18 Å². The highest BCUT2D eigenvalue weighted by Crippen LogP contribution is 2.15. The van der Waals surface area contributed by atoms with Crippen LogP contribution in [0, 0.1) is 6.92 Å². The second-order valence-corrected chi connectivity index (χ2v) is 5.96. The van der Waals surface area contributed by atoms with E-state index in [2.05, 4.69) is 0 Å². The number of aryl methyl sites for hydroxylation is 1. The van der Waals surface area contributed by atoms with Gasteiger partial charge in [0.2, 0.25) is 0 Å². The Bertz CT molecular complexity index is 440. The normalized spacial score (nSPS) is 12.8. The molecule has 0 fully saturated rings. The van der Waals surface area contributed by atoms with Crippen LogP contribution >= 0.6 is 0 Å². The van der Waals surface area contributed by atoms with E-state index in [-0.39, 0.29) is 11.5 Å². The average Bonchev–Trinajstić information content (AvgIpc) is 2.15. The SMILES string of the molecule is Cc1ccc(S(=O)(=O)OCC(C)(C)O)cc1. The number of rotatable bonds is 4. The molecule has 1 aromatic carbocycles. The predicted octanol–water partition coefficient (Wildman–Crippen LogP) is 1.47. The molecule has 0 saturated carbocycles. The standard InChI is InChI=1S/C11H16O4S/c1-9-4-6-10(7-5-9)16(13,14)15-8-11(2,3)12/h4-7,12H,8H2,1-3H3. The molecule has 0 aromatic heterocycles. The van der Waals surface area contributed by atoms with Gasteiger partial charge in [-0.05, 0) is 32.9 Å². The largest absolute Gasteiger partial charge is 0.388 e. The molecule has 5 heteroatoms. The van der Waals surface area contributed by atoms with Crippen molar-refractivity contribution < 1.29 is 17.7 Å². The Labute approximate surface area is 96.0 Å². The summed E-state index contributed by atoms with van der Waals surface area (Å²) in [6.45, 7) is 4.58. The molecule has 0 radical (unpaired) electrons. The number of hydrogen-bond donors (Lipinski definition) is 1. The smallest absolute Gasteiger partial charge is 0.297 e. The van der Waals surface area contributed by atoms with Gasteiger partial charge < -0.3 is 5.11 Å². The number of benzene rings is 1. The van der Waals surface area contributed by atoms with Crippen LogP contribution in [0.3, 0.4) is 0 Å². The molecule has 0 aliphatic heterocycles. The molecular formula is C11H16O4S. The molecule has 1 rings (SSSR count). The summed E-state index contributed by atoms with van der Waals surface area (Å²) < 4.78 is 28.1. The Balaban J connectivity index is 2.83. The molecule has 4 nitrogen and oxygen atoms in total. The maximum absolute atomic E-state index is 11.7. The Morgan fingerprint density at radius 1 is 1.25 bits per heavy atom. The average molecular weight is 244 g/mol. The summed E-state index contributed by atoms with van der Waals surface area (Å²) in [6, 6.07) is 6.35. The summed E-state index contributed by atoms with van der Waals surface area (Å²) in [5, 5.41) is 9.38. The van der Waals surface area contributed by atoms with Gasteiger partial charge in [0.25, 0.3) is 10.1 Å². The van der Waals surface area contributed by atoms with Crippen molar-refractivity contribution in [3.8, 4) is 0 Å². The first kappa shape index (κ1) is 13.2. The van der Waals surface area contributed by atoms with Crippen LogP contribution in [0.25, 0.3) is 0 Å². The van der Waals surface area contributed by atoms with E-state index in [0.29, 0.717) is 0 Å². The van der Waals surface area contributed by atoms with Crippen molar-refractivity contribution in [2.45, 2.75) is 31.3 Å². The highest BCUT2D eigenvalue weighted by Gasteiger charge is 2.20. The van der Waals surface area contributed by atoms with Crippen LogP contribution < -0.4 is 0 Å². The van der Waals surface area contributed by atoms with Crippen molar-refractivity contribution in [1.29, 1.82) is 0 Å². The second kappa shape index (κ2) is 4.53. The highest BCUT2D eigenvalue weighted by molar-refractivity contribution is 7.86. The molecule has 1 aromatic rings. The molecule has 0 aliphatic carbocycles. The summed E-state index contributed by atoms with van der Waals surface area (Å²) in [5.74, 6) is 0. The second-order valence-electron chi connectivity index (χ2n) is 4.34. The van der Waals surface area contributed by atoms with Gasteiger partial charge >= 0.3 is 0 Å². The lowest BCUT2D eigenvalue weighted by molar-refractivity contribution is 0.0307. The first-order chi connectivity index (χ1) is 7.21. The van der Waals surface area contributed by atoms with Gasteiger partial charge in [0.15, 0.2) is 0 Å². The van der Waals surface area contributed by atoms with Crippen molar-refractivity contribution >= 4 is 10.1 Å². The lowest BCUT2D eigenvalue weighted by Crippen LogP contribution is -2.27. The molecular weight excluding hydrogens is 228 g/mol. The Morgan fingerprint density at radius 3 is 2.19 bits per heavy atom. The molecule has 16 heavy (non-hydrogen) atoms. The Morgan fingerprint density at radius 2 is 1.75 bits per heavy atom. The van der Waals surface area contributed by atoms with Crippen molar-refractivity contribution in [1.82, 2.24) is 0 Å². The quantitative estimate of drug-likeness (QED) is 0.815. The van der Waals surface area contributed by atoms with Gasteiger partial charge in [0.1, 0.15) is 0 Å². The van der Waals surface area contributed by atoms with E-state index in [1.165, 1.54) is 26.0 Å². The summed E-state index contributed by atoms with van der Waals surface area (Å²) in [6.07, 6.45) is 0. The fourth-order valence-electron chi connectivity index (χ4n) is 0.995. The van der Waals surface area contributed by atoms with E-state index in [9.17, 15) is 13.5 Å². The fraction of sp³-hybridized carbons (Fsp3) is 0.455. The third-order valence-electron chi connectivity index (χ3n) is 1.88. The van der Waals surface area contributed by atoms with E-state index in [1.807, 2.05) is 6.92 Å². The molecule has 0 aliphatic rings. The summed E-state index contributed by atoms with van der Waals surface area (Å²) in [7, 11) is -3.77. The van der Waals surface area contributed by atoms with Crippen LogP contribution in [0.2, 0.25) is 0 Å². The van der Waals surface area contributed by atoms with Crippen LogP contribution in [0.15, 0.2) is 29.2 Å². The van der Waals surface area contributed by atoms with Crippen LogP contribution in [0.1, 0.15) is 19.4 Å². The lowest BCUT2D eigenvalue weighted by Gasteiger charge is -2.16. The molecule has 1 N–H and O–H groups in total. The molecule has 0 saturated heterocycles. The molecule has 0 unspecified atom stereocenters. The van der Waals surface area contributed by atoms with Crippen molar-refractivity contribution in [2.75, 3.05) is 6.61 Å². The predicted molar refractivity (Wildman–Crippen MR) is 60.6 cm³/mol. The van der Waals surface area contributed by atoms with Gasteiger partial charge in [-0.25, -0.2) is 0 Å². The first-order valence-electron chi connectivity index (χ1n) is 4.89. The van der Waals surface area contributed by atoms with Crippen LogP contribution in [0.4, 0.5) is 0 Å². The van der Waals surface area contributed by atoms with Crippen LogP contribution in [-0.2, 0) is 14.3 Å². The maximum atomic E-state index is 11.7. The van der Waals surface area contributed by atoms with Gasteiger partial charge in [-0.2, -0.15) is 8.42 Å². The van der Waals surface area contributed by atoms with Crippen molar-refractivity contribution in [3.05, 3.63) is 29.8 Å². The Kier molecular flexibility index (Phi) is 3.72. The topological polar surface area (TPSA) is 63.6 Å². The van der Waals surface area contributed by atoms with Gasteiger partial charge in [-0.1, -0.05) is 17.7 Å². The molecule has 0 atom stereocenters. The third kappa shape index (κ3) is 3.92. The lowest BCUT2D eigenvalue weighted by atomic mass is 10.2. The number of aliphatic hydroxyl groups is 1. The van der Waals surface area contributed by atoms with Gasteiger partial charge in [0, 0.05) is 0 Å². The maximum Gasteiger partial charge on any atom is 0.297 e. The first-order valence-corrected chi connectivity index (χ1v) is 6.30. The van der Waals surface area contributed by atoms with E-state index >= 15 is 0 Å². The molecule has 0 spiro atoms. The molecule has 0 bridgehead atoms. The minimum atomic E-state index is -3.77. The fourth-order valence-corrected chi connectivity index (χ4v) is 2.04. The third-order valence-corrected chi connectivity index (χ3v) is 3.15. The summed E-state index contributed by atoms with van der Waals surface area (Å²) in [4.78, 5) is 0.0994. The zero-order chi connectivity index (χ0) is 12.4. The zero-order valence-corrected chi connectivity index (χ0v) is 10.4.